The van der Waals surface area contributed by atoms with E-state index in [1.54, 1.807) is 0 Å². The van der Waals surface area contributed by atoms with E-state index in [9.17, 15) is 4.79 Å². The molecule has 1 aromatic carbocycles. The molecule has 0 spiro atoms. The Morgan fingerprint density at radius 3 is 2.53 bits per heavy atom. The first-order chi connectivity index (χ1) is 8.96. The number of Topliss-reactive ketones (excluding diaryl/α,β-unsaturated/α-hetero) is 1. The first-order valence-corrected chi connectivity index (χ1v) is 7.53. The first kappa shape index (κ1) is 14.3. The molecule has 1 saturated carbocycles. The Labute approximate surface area is 117 Å². The highest BCUT2D eigenvalue weighted by Crippen LogP contribution is 2.42. The zero-order valence-electron chi connectivity index (χ0n) is 12.5. The van der Waals surface area contributed by atoms with Crippen molar-refractivity contribution in [2.24, 2.45) is 17.3 Å². The Balaban J connectivity index is 1.89. The second kappa shape index (κ2) is 5.90. The van der Waals surface area contributed by atoms with Crippen LogP contribution < -0.4 is 0 Å². The van der Waals surface area contributed by atoms with Crippen molar-refractivity contribution >= 4 is 5.78 Å². The average molecular weight is 258 g/mol. The van der Waals surface area contributed by atoms with E-state index in [2.05, 4.69) is 32.9 Å². The van der Waals surface area contributed by atoms with Crippen LogP contribution >= 0.6 is 0 Å². The summed E-state index contributed by atoms with van der Waals surface area (Å²) in [5, 5.41) is 0. The molecule has 0 aromatic heterocycles. The van der Waals surface area contributed by atoms with Crippen molar-refractivity contribution in [2.45, 2.75) is 52.9 Å². The van der Waals surface area contributed by atoms with Gasteiger partial charge in [0.15, 0.2) is 0 Å². The standard InChI is InChI=1S/C18H26O/c1-14-11-16(13-18(2,3)12-14)17(19)10-9-15-7-5-4-6-8-15/h4-8,14,16H,9-13H2,1-3H3. The van der Waals surface area contributed by atoms with Crippen LogP contribution in [0.3, 0.4) is 0 Å². The molecule has 1 aliphatic rings. The van der Waals surface area contributed by atoms with Crippen LogP contribution in [0.5, 0.6) is 0 Å². The van der Waals surface area contributed by atoms with Crippen molar-refractivity contribution in [2.75, 3.05) is 0 Å². The van der Waals surface area contributed by atoms with Gasteiger partial charge in [0.2, 0.25) is 0 Å². The van der Waals surface area contributed by atoms with E-state index < -0.39 is 0 Å². The minimum Gasteiger partial charge on any atom is -0.299 e. The van der Waals surface area contributed by atoms with Crippen molar-refractivity contribution < 1.29 is 4.79 Å². The van der Waals surface area contributed by atoms with Crippen molar-refractivity contribution in [3.63, 3.8) is 0 Å². The zero-order valence-corrected chi connectivity index (χ0v) is 12.5. The quantitative estimate of drug-likeness (QED) is 0.768. The molecular weight excluding hydrogens is 232 g/mol. The van der Waals surface area contributed by atoms with E-state index in [4.69, 9.17) is 0 Å². The second-order valence-electron chi connectivity index (χ2n) is 7.06. The average Bonchev–Trinajstić information content (AvgIpc) is 2.34. The first-order valence-electron chi connectivity index (χ1n) is 7.53. The number of ketones is 1. The Morgan fingerprint density at radius 2 is 1.89 bits per heavy atom. The molecule has 0 bridgehead atoms. The molecule has 0 radical (unpaired) electrons. The topological polar surface area (TPSA) is 17.1 Å². The lowest BCUT2D eigenvalue weighted by molar-refractivity contribution is -0.125. The largest absolute Gasteiger partial charge is 0.299 e. The maximum Gasteiger partial charge on any atom is 0.136 e. The van der Waals surface area contributed by atoms with Gasteiger partial charge < -0.3 is 0 Å². The Morgan fingerprint density at radius 1 is 1.21 bits per heavy atom. The van der Waals surface area contributed by atoms with Gasteiger partial charge >= 0.3 is 0 Å². The normalized spacial score (nSPS) is 26.1. The highest BCUT2D eigenvalue weighted by molar-refractivity contribution is 5.81. The molecule has 1 fully saturated rings. The number of hydrogen-bond acceptors (Lipinski definition) is 1. The van der Waals surface area contributed by atoms with Crippen LogP contribution in [0.25, 0.3) is 0 Å². The SMILES string of the molecule is CC1CC(C(=O)CCc2ccccc2)CC(C)(C)C1. The fraction of sp³-hybridized carbons (Fsp3) is 0.611. The van der Waals surface area contributed by atoms with Crippen LogP contribution in [-0.4, -0.2) is 5.78 Å². The van der Waals surface area contributed by atoms with Crippen molar-refractivity contribution in [3.8, 4) is 0 Å². The summed E-state index contributed by atoms with van der Waals surface area (Å²) < 4.78 is 0. The molecule has 0 saturated heterocycles. The molecule has 104 valence electrons. The minimum atomic E-state index is 0.294. The predicted molar refractivity (Wildman–Crippen MR) is 80.1 cm³/mol. The Bertz CT molecular complexity index is 419. The molecule has 2 unspecified atom stereocenters. The van der Waals surface area contributed by atoms with Gasteiger partial charge in [0.1, 0.15) is 5.78 Å². The lowest BCUT2D eigenvalue weighted by atomic mass is 9.66. The van der Waals surface area contributed by atoms with Crippen LogP contribution in [0.2, 0.25) is 0 Å². The molecule has 1 aliphatic carbocycles. The maximum atomic E-state index is 12.4. The van der Waals surface area contributed by atoms with E-state index in [1.165, 1.54) is 12.0 Å². The molecule has 1 aromatic rings. The monoisotopic (exact) mass is 258 g/mol. The van der Waals surface area contributed by atoms with Gasteiger partial charge in [-0.15, -0.1) is 0 Å². The third-order valence-electron chi connectivity index (χ3n) is 4.35. The van der Waals surface area contributed by atoms with Gasteiger partial charge in [-0.25, -0.2) is 0 Å². The van der Waals surface area contributed by atoms with Gasteiger partial charge in [0.25, 0.3) is 0 Å². The lowest BCUT2D eigenvalue weighted by Gasteiger charge is -2.38. The Hall–Kier alpha value is -1.11. The highest BCUT2D eigenvalue weighted by Gasteiger charge is 2.34. The summed E-state index contributed by atoms with van der Waals surface area (Å²) in [6, 6.07) is 10.3. The molecule has 0 N–H and O–H groups in total. The van der Waals surface area contributed by atoms with Crippen molar-refractivity contribution in [3.05, 3.63) is 35.9 Å². The molecule has 1 heteroatoms. The van der Waals surface area contributed by atoms with Crippen molar-refractivity contribution in [1.29, 1.82) is 0 Å². The summed E-state index contributed by atoms with van der Waals surface area (Å²) in [5.74, 6) is 1.46. The number of benzene rings is 1. The second-order valence-corrected chi connectivity index (χ2v) is 7.06. The molecule has 0 amide bonds. The number of aryl methyl sites for hydroxylation is 1. The van der Waals surface area contributed by atoms with Gasteiger partial charge in [0.05, 0.1) is 0 Å². The highest BCUT2D eigenvalue weighted by atomic mass is 16.1. The molecule has 0 heterocycles. The third-order valence-corrected chi connectivity index (χ3v) is 4.35. The fourth-order valence-corrected chi connectivity index (χ4v) is 3.71. The summed E-state index contributed by atoms with van der Waals surface area (Å²) >= 11 is 0. The molecule has 0 aliphatic heterocycles. The zero-order chi connectivity index (χ0) is 13.9. The number of hydrogen-bond donors (Lipinski definition) is 0. The number of carbonyl (C=O) groups excluding carboxylic acids is 1. The van der Waals surface area contributed by atoms with E-state index in [0.29, 0.717) is 29.5 Å². The van der Waals surface area contributed by atoms with E-state index in [-0.39, 0.29) is 0 Å². The summed E-state index contributed by atoms with van der Waals surface area (Å²) in [5.41, 5.74) is 1.61. The van der Waals surface area contributed by atoms with Gasteiger partial charge in [-0.1, -0.05) is 51.1 Å². The van der Waals surface area contributed by atoms with Crippen molar-refractivity contribution in [1.82, 2.24) is 0 Å². The summed E-state index contributed by atoms with van der Waals surface area (Å²) in [4.78, 5) is 12.4. The van der Waals surface area contributed by atoms with Gasteiger partial charge in [-0.3, -0.25) is 4.79 Å². The summed E-state index contributed by atoms with van der Waals surface area (Å²) in [7, 11) is 0. The third kappa shape index (κ3) is 4.19. The number of rotatable bonds is 4. The van der Waals surface area contributed by atoms with Gasteiger partial charge in [0, 0.05) is 12.3 Å². The molecule has 1 nitrogen and oxygen atoms in total. The predicted octanol–water partition coefficient (Wildman–Crippen LogP) is 4.65. The van der Waals surface area contributed by atoms with Crippen LogP contribution in [0.15, 0.2) is 30.3 Å². The van der Waals surface area contributed by atoms with Crippen LogP contribution in [0.1, 0.15) is 52.0 Å². The minimum absolute atomic E-state index is 0.294. The van der Waals surface area contributed by atoms with Crippen LogP contribution in [-0.2, 0) is 11.2 Å². The fourth-order valence-electron chi connectivity index (χ4n) is 3.71. The maximum absolute atomic E-state index is 12.4. The van der Waals surface area contributed by atoms with E-state index in [1.807, 2.05) is 18.2 Å². The van der Waals surface area contributed by atoms with Crippen LogP contribution in [0.4, 0.5) is 0 Å². The van der Waals surface area contributed by atoms with Crippen LogP contribution in [0, 0.1) is 17.3 Å². The van der Waals surface area contributed by atoms with E-state index >= 15 is 0 Å². The summed E-state index contributed by atoms with van der Waals surface area (Å²) in [6.07, 6.45) is 5.03. The molecular formula is C18H26O. The number of carbonyl (C=O) groups is 1. The molecule has 2 atom stereocenters. The summed E-state index contributed by atoms with van der Waals surface area (Å²) in [6.45, 7) is 6.90. The Kier molecular flexibility index (Phi) is 4.44. The van der Waals surface area contributed by atoms with E-state index in [0.717, 1.165) is 19.3 Å². The smallest absolute Gasteiger partial charge is 0.136 e. The van der Waals surface area contributed by atoms with Gasteiger partial charge in [-0.2, -0.15) is 0 Å². The molecule has 2 rings (SSSR count). The molecule has 19 heavy (non-hydrogen) atoms. The lowest BCUT2D eigenvalue weighted by Crippen LogP contribution is -2.32. The van der Waals surface area contributed by atoms with Gasteiger partial charge in [-0.05, 0) is 42.6 Å².